The fourth-order valence-electron chi connectivity index (χ4n) is 2.73. The molecule has 0 aromatic rings. The molecular formula is C20H31FN4O3. The van der Waals surface area contributed by atoms with E-state index in [2.05, 4.69) is 30.5 Å². The van der Waals surface area contributed by atoms with Crippen LogP contribution in [-0.4, -0.2) is 36.6 Å². The van der Waals surface area contributed by atoms with Crippen molar-refractivity contribution in [3.63, 3.8) is 0 Å². The van der Waals surface area contributed by atoms with Crippen LogP contribution in [0.25, 0.3) is 0 Å². The van der Waals surface area contributed by atoms with Crippen LogP contribution in [-0.2, 0) is 4.79 Å². The summed E-state index contributed by atoms with van der Waals surface area (Å²) in [5.74, 6) is -0.616. The number of halogens is 1. The Labute approximate surface area is 166 Å². The average molecular weight is 394 g/mol. The smallest absolute Gasteiger partial charge is 0.316 e. The lowest BCUT2D eigenvalue weighted by Gasteiger charge is -2.20. The highest BCUT2D eigenvalue weighted by Crippen LogP contribution is 2.16. The second-order valence-corrected chi connectivity index (χ2v) is 6.20. The summed E-state index contributed by atoms with van der Waals surface area (Å²) in [4.78, 5) is 24.6. The number of nitrogens with zero attached hydrogens (tertiary/aromatic N) is 2. The molecule has 1 fully saturated rings. The maximum absolute atomic E-state index is 13.3. The molecule has 0 amide bonds. The van der Waals surface area contributed by atoms with Gasteiger partial charge in [0.15, 0.2) is 12.0 Å². The van der Waals surface area contributed by atoms with E-state index >= 15 is 0 Å². The molecule has 1 rings (SSSR count). The average Bonchev–Trinajstić information content (AvgIpc) is 2.73. The number of nitrogens with two attached hydrogens (primary N) is 1. The minimum absolute atomic E-state index is 0.0100. The Morgan fingerprint density at radius 3 is 2.29 bits per heavy atom. The first-order valence-corrected chi connectivity index (χ1v) is 9.29. The van der Waals surface area contributed by atoms with Gasteiger partial charge in [0, 0.05) is 11.6 Å². The maximum Gasteiger partial charge on any atom is 0.316 e. The molecule has 7 nitrogen and oxygen atoms in total. The summed E-state index contributed by atoms with van der Waals surface area (Å²) >= 11 is 0. The van der Waals surface area contributed by atoms with Crippen LogP contribution in [0.4, 0.5) is 4.39 Å². The van der Waals surface area contributed by atoms with E-state index in [0.29, 0.717) is 0 Å². The number of nitro groups is 1. The minimum atomic E-state index is -0.785. The zero-order chi connectivity index (χ0) is 21.5. The highest BCUT2D eigenvalue weighted by atomic mass is 19.1. The Morgan fingerprint density at radius 2 is 1.93 bits per heavy atom. The fourth-order valence-corrected chi connectivity index (χ4v) is 2.73. The summed E-state index contributed by atoms with van der Waals surface area (Å²) in [7, 11) is 2.07. The molecule has 28 heavy (non-hydrogen) atoms. The van der Waals surface area contributed by atoms with Crippen molar-refractivity contribution in [3.8, 4) is 0 Å². The van der Waals surface area contributed by atoms with E-state index in [1.54, 1.807) is 6.92 Å². The number of hydrogen-bond acceptors (Lipinski definition) is 6. The van der Waals surface area contributed by atoms with Crippen molar-refractivity contribution in [1.29, 1.82) is 0 Å². The number of carbonyl (C=O) groups is 1. The molecule has 0 spiro atoms. The van der Waals surface area contributed by atoms with Gasteiger partial charge >= 0.3 is 5.70 Å². The highest BCUT2D eigenvalue weighted by Gasteiger charge is 2.22. The molecule has 0 radical (unpaired) electrons. The molecule has 0 heterocycles. The lowest BCUT2D eigenvalue weighted by atomic mass is 9.96. The molecule has 0 aliphatic heterocycles. The number of hydrogen-bond donors (Lipinski definition) is 2. The summed E-state index contributed by atoms with van der Waals surface area (Å²) < 4.78 is 13.3. The van der Waals surface area contributed by atoms with E-state index in [1.807, 2.05) is 0 Å². The van der Waals surface area contributed by atoms with Crippen molar-refractivity contribution < 1.29 is 14.1 Å². The van der Waals surface area contributed by atoms with Crippen LogP contribution in [0.5, 0.6) is 0 Å². The van der Waals surface area contributed by atoms with Crippen molar-refractivity contribution in [1.82, 2.24) is 5.32 Å². The SMILES string of the molecule is C=C/C(F)=C(\C=C)CN=C(CC)/C(=C(\N)C=O)[N+](=O)[O-].CNC1CCCCC1. The van der Waals surface area contributed by atoms with Crippen LogP contribution in [0, 0.1) is 10.1 Å². The summed E-state index contributed by atoms with van der Waals surface area (Å²) in [6.07, 6.45) is 9.71. The summed E-state index contributed by atoms with van der Waals surface area (Å²) in [5.41, 5.74) is 4.34. The van der Waals surface area contributed by atoms with Crippen molar-refractivity contribution in [3.05, 3.63) is 58.2 Å². The normalized spacial score (nSPS) is 16.8. The molecule has 1 aliphatic rings. The molecular weight excluding hydrogens is 363 g/mol. The molecule has 8 heteroatoms. The standard InChI is InChI=1S/C13H16FN3O3.C7H15N/c1-4-9(10(14)5-2)7-16-12(6-3)13(17(19)20)11(15)8-18;1-8-7-5-3-2-4-6-7/h4-5,8H,1-2,6-7,15H2,3H3;7-8H,2-6H2,1H3/b10-9-,13-11+,16-12?;. The molecule has 0 bridgehead atoms. The number of carbonyl (C=O) groups excluding carboxylic acids is 1. The second kappa shape index (κ2) is 14.4. The van der Waals surface area contributed by atoms with E-state index < -0.39 is 22.1 Å². The fraction of sp³-hybridized carbons (Fsp3) is 0.500. The Morgan fingerprint density at radius 1 is 1.32 bits per heavy atom. The molecule has 0 saturated heterocycles. The molecule has 0 atom stereocenters. The van der Waals surface area contributed by atoms with Gasteiger partial charge in [-0.3, -0.25) is 19.9 Å². The molecule has 3 N–H and O–H groups in total. The third-order valence-corrected chi connectivity index (χ3v) is 4.38. The van der Waals surface area contributed by atoms with Crippen LogP contribution in [0.15, 0.2) is 53.1 Å². The van der Waals surface area contributed by atoms with Crippen molar-refractivity contribution in [2.24, 2.45) is 10.7 Å². The molecule has 0 unspecified atom stereocenters. The van der Waals surface area contributed by atoms with E-state index in [4.69, 9.17) is 5.73 Å². The number of rotatable bonds is 9. The Hall–Kier alpha value is -2.61. The van der Waals surface area contributed by atoms with E-state index in [1.165, 1.54) is 38.2 Å². The first-order chi connectivity index (χ1) is 13.4. The van der Waals surface area contributed by atoms with Crippen molar-refractivity contribution in [2.75, 3.05) is 13.6 Å². The quantitative estimate of drug-likeness (QED) is 0.155. The number of nitrogens with one attached hydrogen (secondary N) is 1. The number of aldehydes is 1. The van der Waals surface area contributed by atoms with Gasteiger partial charge in [-0.05, 0) is 32.4 Å². The molecule has 0 aromatic heterocycles. The zero-order valence-corrected chi connectivity index (χ0v) is 16.7. The van der Waals surface area contributed by atoms with Gasteiger partial charge < -0.3 is 11.1 Å². The van der Waals surface area contributed by atoms with Gasteiger partial charge in [0.1, 0.15) is 11.5 Å². The maximum atomic E-state index is 13.3. The first kappa shape index (κ1) is 25.4. The van der Waals surface area contributed by atoms with E-state index in [9.17, 15) is 19.3 Å². The number of aliphatic imine (C=N–C) groups is 1. The second-order valence-electron chi connectivity index (χ2n) is 6.20. The number of allylic oxidation sites excluding steroid dienone is 4. The van der Waals surface area contributed by atoms with E-state index in [-0.39, 0.29) is 30.5 Å². The lowest BCUT2D eigenvalue weighted by molar-refractivity contribution is -0.416. The Balaban J connectivity index is 0.000000749. The molecule has 156 valence electrons. The van der Waals surface area contributed by atoms with Gasteiger partial charge in [-0.2, -0.15) is 0 Å². The van der Waals surface area contributed by atoms with Gasteiger partial charge in [-0.1, -0.05) is 45.4 Å². The van der Waals surface area contributed by atoms with Crippen LogP contribution in [0.1, 0.15) is 45.4 Å². The Bertz CT molecular complexity index is 648. The van der Waals surface area contributed by atoms with E-state index in [0.717, 1.165) is 12.1 Å². The first-order valence-electron chi connectivity index (χ1n) is 9.29. The van der Waals surface area contributed by atoms with Gasteiger partial charge in [0.05, 0.1) is 11.5 Å². The third kappa shape index (κ3) is 8.85. The van der Waals surface area contributed by atoms with Gasteiger partial charge in [0.25, 0.3) is 0 Å². The lowest BCUT2D eigenvalue weighted by Crippen LogP contribution is -2.26. The highest BCUT2D eigenvalue weighted by molar-refractivity contribution is 6.01. The third-order valence-electron chi connectivity index (χ3n) is 4.38. The minimum Gasteiger partial charge on any atom is -0.390 e. The topological polar surface area (TPSA) is 111 Å². The summed E-state index contributed by atoms with van der Waals surface area (Å²) in [5, 5.41) is 14.2. The van der Waals surface area contributed by atoms with Crippen LogP contribution in [0.2, 0.25) is 0 Å². The monoisotopic (exact) mass is 394 g/mol. The van der Waals surface area contributed by atoms with Crippen LogP contribution in [0.3, 0.4) is 0 Å². The van der Waals surface area contributed by atoms with Crippen molar-refractivity contribution >= 4 is 12.0 Å². The van der Waals surface area contributed by atoms with Crippen LogP contribution >= 0.6 is 0 Å². The molecule has 0 aromatic carbocycles. The van der Waals surface area contributed by atoms with Gasteiger partial charge in [-0.25, -0.2) is 4.39 Å². The Kier molecular flexibility index (Phi) is 13.1. The molecule has 1 aliphatic carbocycles. The predicted octanol–water partition coefficient (Wildman–Crippen LogP) is 3.62. The van der Waals surface area contributed by atoms with Crippen LogP contribution < -0.4 is 11.1 Å². The molecule has 1 saturated carbocycles. The predicted molar refractivity (Wildman–Crippen MR) is 111 cm³/mol. The largest absolute Gasteiger partial charge is 0.390 e. The van der Waals surface area contributed by atoms with Gasteiger partial charge in [-0.15, -0.1) is 0 Å². The zero-order valence-electron chi connectivity index (χ0n) is 16.7. The summed E-state index contributed by atoms with van der Waals surface area (Å²) in [6, 6.07) is 0.837. The summed E-state index contributed by atoms with van der Waals surface area (Å²) in [6.45, 7) is 8.15. The van der Waals surface area contributed by atoms with Gasteiger partial charge in [0.2, 0.25) is 0 Å². The van der Waals surface area contributed by atoms with Crippen molar-refractivity contribution in [2.45, 2.75) is 51.5 Å².